The first kappa shape index (κ1) is 13.0. The standard InChI is InChI=1S/C12H13N3O4/c1-15-6-8(5-10(15)16)14-11(17)9-4-7(12(18)19)2-3-13-9/h2-4,8H,5-6H2,1H3,(H,14,17)(H,18,19). The third-order valence-electron chi connectivity index (χ3n) is 2.92. The second kappa shape index (κ2) is 5.05. The van der Waals surface area contributed by atoms with Gasteiger partial charge in [-0.2, -0.15) is 0 Å². The Morgan fingerprint density at radius 2 is 2.26 bits per heavy atom. The van der Waals surface area contributed by atoms with E-state index in [4.69, 9.17) is 5.11 Å². The summed E-state index contributed by atoms with van der Waals surface area (Å²) in [4.78, 5) is 39.4. The van der Waals surface area contributed by atoms with Crippen molar-refractivity contribution in [2.75, 3.05) is 13.6 Å². The second-order valence-electron chi connectivity index (χ2n) is 4.38. The van der Waals surface area contributed by atoms with Crippen LogP contribution in [-0.2, 0) is 4.79 Å². The van der Waals surface area contributed by atoms with E-state index >= 15 is 0 Å². The summed E-state index contributed by atoms with van der Waals surface area (Å²) in [6.45, 7) is 0.448. The van der Waals surface area contributed by atoms with Crippen LogP contribution in [0.3, 0.4) is 0 Å². The molecule has 7 nitrogen and oxygen atoms in total. The molecule has 0 bridgehead atoms. The quantitative estimate of drug-likeness (QED) is 0.782. The Labute approximate surface area is 109 Å². The lowest BCUT2D eigenvalue weighted by Crippen LogP contribution is -2.37. The number of carboxylic acid groups (broad SMARTS) is 1. The van der Waals surface area contributed by atoms with E-state index in [0.717, 1.165) is 0 Å². The van der Waals surface area contributed by atoms with Crippen molar-refractivity contribution in [1.82, 2.24) is 15.2 Å². The predicted molar refractivity (Wildman–Crippen MR) is 64.7 cm³/mol. The Balaban J connectivity index is 2.06. The summed E-state index contributed by atoms with van der Waals surface area (Å²) >= 11 is 0. The molecule has 0 saturated carbocycles. The third-order valence-corrected chi connectivity index (χ3v) is 2.92. The van der Waals surface area contributed by atoms with Gasteiger partial charge in [-0.05, 0) is 12.1 Å². The zero-order chi connectivity index (χ0) is 14.0. The van der Waals surface area contributed by atoms with Crippen molar-refractivity contribution in [1.29, 1.82) is 0 Å². The van der Waals surface area contributed by atoms with Crippen molar-refractivity contribution in [3.63, 3.8) is 0 Å². The molecular weight excluding hydrogens is 250 g/mol. The second-order valence-corrected chi connectivity index (χ2v) is 4.38. The van der Waals surface area contributed by atoms with Crippen LogP contribution < -0.4 is 5.32 Å². The average molecular weight is 263 g/mol. The van der Waals surface area contributed by atoms with E-state index in [9.17, 15) is 14.4 Å². The van der Waals surface area contributed by atoms with Gasteiger partial charge in [0.25, 0.3) is 5.91 Å². The number of pyridine rings is 1. The molecule has 100 valence electrons. The lowest BCUT2D eigenvalue weighted by Gasteiger charge is -2.12. The van der Waals surface area contributed by atoms with Gasteiger partial charge < -0.3 is 15.3 Å². The van der Waals surface area contributed by atoms with E-state index in [1.54, 1.807) is 7.05 Å². The van der Waals surface area contributed by atoms with Crippen LogP contribution >= 0.6 is 0 Å². The van der Waals surface area contributed by atoms with Gasteiger partial charge in [-0.1, -0.05) is 0 Å². The van der Waals surface area contributed by atoms with Crippen LogP contribution in [0.5, 0.6) is 0 Å². The van der Waals surface area contributed by atoms with Gasteiger partial charge in [-0.15, -0.1) is 0 Å². The molecule has 0 aromatic carbocycles. The van der Waals surface area contributed by atoms with E-state index in [1.165, 1.54) is 23.2 Å². The minimum absolute atomic E-state index is 0.000216. The summed E-state index contributed by atoms with van der Waals surface area (Å²) in [5.74, 6) is -1.62. The molecule has 2 rings (SSSR count). The van der Waals surface area contributed by atoms with Gasteiger partial charge in [-0.3, -0.25) is 14.6 Å². The molecule has 1 saturated heterocycles. The number of hydrogen-bond acceptors (Lipinski definition) is 4. The highest BCUT2D eigenvalue weighted by molar-refractivity contribution is 5.96. The number of nitrogens with one attached hydrogen (secondary N) is 1. The number of amides is 2. The van der Waals surface area contributed by atoms with Crippen LogP contribution in [0.1, 0.15) is 27.3 Å². The highest BCUT2D eigenvalue weighted by Gasteiger charge is 2.28. The SMILES string of the molecule is CN1CC(NC(=O)c2cc(C(=O)O)ccn2)CC1=O. The lowest BCUT2D eigenvalue weighted by atomic mass is 10.2. The van der Waals surface area contributed by atoms with E-state index in [1.807, 2.05) is 0 Å². The van der Waals surface area contributed by atoms with Crippen molar-refractivity contribution in [2.45, 2.75) is 12.5 Å². The van der Waals surface area contributed by atoms with Gasteiger partial charge in [0.15, 0.2) is 0 Å². The van der Waals surface area contributed by atoms with Gasteiger partial charge in [0.2, 0.25) is 5.91 Å². The number of aromatic nitrogens is 1. The number of likely N-dealkylation sites (N-methyl/N-ethyl adjacent to an activating group) is 1. The number of rotatable bonds is 3. The molecular formula is C12H13N3O4. The number of aromatic carboxylic acids is 1. The van der Waals surface area contributed by atoms with Crippen LogP contribution in [0.4, 0.5) is 0 Å². The van der Waals surface area contributed by atoms with Crippen molar-refractivity contribution >= 4 is 17.8 Å². The fraction of sp³-hybridized carbons (Fsp3) is 0.333. The Morgan fingerprint density at radius 3 is 2.84 bits per heavy atom. The highest BCUT2D eigenvalue weighted by Crippen LogP contribution is 2.09. The molecule has 0 radical (unpaired) electrons. The number of hydrogen-bond donors (Lipinski definition) is 2. The first-order valence-electron chi connectivity index (χ1n) is 5.71. The summed E-state index contributed by atoms with van der Waals surface area (Å²) in [6.07, 6.45) is 1.52. The first-order valence-corrected chi connectivity index (χ1v) is 5.71. The molecule has 1 aromatic rings. The normalized spacial score (nSPS) is 18.5. The Bertz CT molecular complexity index is 544. The average Bonchev–Trinajstić information content (AvgIpc) is 2.68. The van der Waals surface area contributed by atoms with Crippen LogP contribution in [0, 0.1) is 0 Å². The summed E-state index contributed by atoms with van der Waals surface area (Å²) < 4.78 is 0. The Morgan fingerprint density at radius 1 is 1.53 bits per heavy atom. The molecule has 2 heterocycles. The van der Waals surface area contributed by atoms with E-state index < -0.39 is 11.9 Å². The maximum Gasteiger partial charge on any atom is 0.335 e. The summed E-state index contributed by atoms with van der Waals surface area (Å²) in [6, 6.07) is 2.25. The third kappa shape index (κ3) is 2.87. The van der Waals surface area contributed by atoms with Gasteiger partial charge in [0, 0.05) is 26.2 Å². The minimum Gasteiger partial charge on any atom is -0.478 e. The van der Waals surface area contributed by atoms with Crippen molar-refractivity contribution in [2.24, 2.45) is 0 Å². The Hall–Kier alpha value is -2.44. The van der Waals surface area contributed by atoms with Crippen LogP contribution in [0.2, 0.25) is 0 Å². The molecule has 0 aliphatic carbocycles. The molecule has 0 spiro atoms. The Kier molecular flexibility index (Phi) is 3.46. The zero-order valence-corrected chi connectivity index (χ0v) is 10.3. The van der Waals surface area contributed by atoms with Gasteiger partial charge in [-0.25, -0.2) is 4.79 Å². The molecule has 2 N–H and O–H groups in total. The van der Waals surface area contributed by atoms with Crippen molar-refractivity contribution in [3.05, 3.63) is 29.6 Å². The summed E-state index contributed by atoms with van der Waals surface area (Å²) in [5, 5.41) is 11.5. The molecule has 1 atom stereocenters. The van der Waals surface area contributed by atoms with Gasteiger partial charge in [0.1, 0.15) is 5.69 Å². The van der Waals surface area contributed by atoms with Gasteiger partial charge in [0.05, 0.1) is 11.6 Å². The molecule has 1 aromatic heterocycles. The van der Waals surface area contributed by atoms with Crippen LogP contribution in [-0.4, -0.2) is 52.4 Å². The smallest absolute Gasteiger partial charge is 0.335 e. The van der Waals surface area contributed by atoms with E-state index in [0.29, 0.717) is 6.54 Å². The molecule has 1 aliphatic rings. The molecule has 7 heteroatoms. The lowest BCUT2D eigenvalue weighted by molar-refractivity contribution is -0.126. The number of carboxylic acids is 1. The predicted octanol–water partition coefficient (Wildman–Crippen LogP) is -0.260. The number of likely N-dealkylation sites (tertiary alicyclic amines) is 1. The molecule has 1 fully saturated rings. The summed E-state index contributed by atoms with van der Waals surface area (Å²) in [5.41, 5.74) is 0.0293. The van der Waals surface area contributed by atoms with Crippen molar-refractivity contribution < 1.29 is 19.5 Å². The van der Waals surface area contributed by atoms with E-state index in [2.05, 4.69) is 10.3 Å². The van der Waals surface area contributed by atoms with Crippen LogP contribution in [0.25, 0.3) is 0 Å². The van der Waals surface area contributed by atoms with Crippen molar-refractivity contribution in [3.8, 4) is 0 Å². The highest BCUT2D eigenvalue weighted by atomic mass is 16.4. The van der Waals surface area contributed by atoms with E-state index in [-0.39, 0.29) is 29.6 Å². The maximum absolute atomic E-state index is 11.9. The topological polar surface area (TPSA) is 99.6 Å². The number of carbonyl (C=O) groups is 3. The zero-order valence-electron chi connectivity index (χ0n) is 10.3. The van der Waals surface area contributed by atoms with Gasteiger partial charge >= 0.3 is 5.97 Å². The molecule has 1 aliphatic heterocycles. The largest absolute Gasteiger partial charge is 0.478 e. The fourth-order valence-electron chi connectivity index (χ4n) is 1.91. The monoisotopic (exact) mass is 263 g/mol. The number of carbonyl (C=O) groups excluding carboxylic acids is 2. The fourth-order valence-corrected chi connectivity index (χ4v) is 1.91. The maximum atomic E-state index is 11.9. The minimum atomic E-state index is -1.12. The molecule has 1 unspecified atom stereocenters. The molecule has 2 amide bonds. The summed E-state index contributed by atoms with van der Waals surface area (Å²) in [7, 11) is 1.66. The number of nitrogens with zero attached hydrogens (tertiary/aromatic N) is 2. The van der Waals surface area contributed by atoms with Crippen LogP contribution in [0.15, 0.2) is 18.3 Å². The molecule has 19 heavy (non-hydrogen) atoms. The first-order chi connectivity index (χ1) is 8.97.